The molecule has 8 heteroatoms. The molecule has 0 atom stereocenters. The fourth-order valence-corrected chi connectivity index (χ4v) is 4.38. The zero-order valence-electron chi connectivity index (χ0n) is 14.8. The molecule has 27 heavy (non-hydrogen) atoms. The molecular weight excluding hydrogens is 378 g/mol. The number of hydrogen-bond acceptors (Lipinski definition) is 7. The number of aryl methyl sites for hydroxylation is 2. The Kier molecular flexibility index (Phi) is 4.83. The van der Waals surface area contributed by atoms with Gasteiger partial charge in [0.05, 0.1) is 16.6 Å². The molecule has 0 aliphatic heterocycles. The van der Waals surface area contributed by atoms with Crippen molar-refractivity contribution >= 4 is 55.5 Å². The van der Waals surface area contributed by atoms with Crippen LogP contribution in [0.2, 0.25) is 0 Å². The smallest absolute Gasteiger partial charge is 0.260 e. The molecule has 6 nitrogen and oxygen atoms in total. The second-order valence-corrected chi connectivity index (χ2v) is 7.59. The number of para-hydroxylation sites is 1. The maximum absolute atomic E-state index is 13.0. The number of rotatable bonds is 5. The van der Waals surface area contributed by atoms with Crippen LogP contribution in [0.4, 0.5) is 16.5 Å². The van der Waals surface area contributed by atoms with Gasteiger partial charge in [0, 0.05) is 5.69 Å². The van der Waals surface area contributed by atoms with Gasteiger partial charge in [-0.15, -0.1) is 11.3 Å². The number of nitrogens with zero attached hydrogens (tertiary/aromatic N) is 3. The van der Waals surface area contributed by atoms with E-state index in [4.69, 9.17) is 0 Å². The van der Waals surface area contributed by atoms with E-state index in [-0.39, 0.29) is 5.91 Å². The number of anilines is 3. The summed E-state index contributed by atoms with van der Waals surface area (Å²) in [6.07, 6.45) is 2.37. The summed E-state index contributed by atoms with van der Waals surface area (Å²) in [7, 11) is 0. The van der Waals surface area contributed by atoms with Gasteiger partial charge in [0.1, 0.15) is 22.0 Å². The summed E-state index contributed by atoms with van der Waals surface area (Å²) in [4.78, 5) is 22.5. The molecule has 4 rings (SSSR count). The third-order valence-electron chi connectivity index (χ3n) is 4.23. The van der Waals surface area contributed by atoms with E-state index in [0.29, 0.717) is 22.1 Å². The van der Waals surface area contributed by atoms with Gasteiger partial charge >= 0.3 is 0 Å². The van der Waals surface area contributed by atoms with E-state index in [0.717, 1.165) is 27.9 Å². The van der Waals surface area contributed by atoms with Crippen molar-refractivity contribution in [3.05, 3.63) is 58.9 Å². The van der Waals surface area contributed by atoms with Crippen molar-refractivity contribution in [2.24, 2.45) is 0 Å². The van der Waals surface area contributed by atoms with Crippen molar-refractivity contribution in [3.63, 3.8) is 0 Å². The molecule has 2 N–H and O–H groups in total. The van der Waals surface area contributed by atoms with E-state index in [1.54, 1.807) is 11.3 Å². The van der Waals surface area contributed by atoms with Gasteiger partial charge in [0.25, 0.3) is 5.91 Å². The molecule has 0 saturated heterocycles. The average Bonchev–Trinajstić information content (AvgIpc) is 3.29. The maximum atomic E-state index is 13.0. The minimum atomic E-state index is -0.180. The van der Waals surface area contributed by atoms with Gasteiger partial charge in [0.2, 0.25) is 0 Å². The third-order valence-corrected chi connectivity index (χ3v) is 5.90. The number of aromatic nitrogens is 3. The van der Waals surface area contributed by atoms with Crippen molar-refractivity contribution in [1.82, 2.24) is 14.3 Å². The second-order valence-electron chi connectivity index (χ2n) is 5.92. The highest BCUT2D eigenvalue weighted by Crippen LogP contribution is 2.32. The van der Waals surface area contributed by atoms with Crippen molar-refractivity contribution in [1.29, 1.82) is 0 Å². The number of hydrogen-bond donors (Lipinski definition) is 2. The summed E-state index contributed by atoms with van der Waals surface area (Å²) in [5.41, 5.74) is 3.14. The van der Waals surface area contributed by atoms with Gasteiger partial charge in [-0.3, -0.25) is 4.79 Å². The predicted octanol–water partition coefficient (Wildman–Crippen LogP) is 5.01. The van der Waals surface area contributed by atoms with Crippen LogP contribution < -0.4 is 10.6 Å². The van der Waals surface area contributed by atoms with Crippen LogP contribution in [0, 0.1) is 6.92 Å². The number of benzene rings is 1. The Balaban J connectivity index is 1.65. The normalized spacial score (nSPS) is 10.9. The Morgan fingerprint density at radius 3 is 2.89 bits per heavy atom. The van der Waals surface area contributed by atoms with Crippen molar-refractivity contribution < 1.29 is 4.79 Å². The van der Waals surface area contributed by atoms with Crippen LogP contribution in [-0.2, 0) is 6.42 Å². The van der Waals surface area contributed by atoms with E-state index in [2.05, 4.69) is 31.9 Å². The first-order valence-electron chi connectivity index (χ1n) is 8.48. The van der Waals surface area contributed by atoms with Crippen LogP contribution in [0.3, 0.4) is 0 Å². The van der Waals surface area contributed by atoms with Crippen LogP contribution in [0.15, 0.2) is 42.0 Å². The molecule has 4 aromatic rings. The zero-order chi connectivity index (χ0) is 18.8. The highest BCUT2D eigenvalue weighted by Gasteiger charge is 2.20. The van der Waals surface area contributed by atoms with Crippen molar-refractivity contribution in [3.8, 4) is 0 Å². The highest BCUT2D eigenvalue weighted by atomic mass is 32.1. The third kappa shape index (κ3) is 3.41. The molecule has 3 heterocycles. The minimum absolute atomic E-state index is 0.180. The Labute approximate surface area is 164 Å². The van der Waals surface area contributed by atoms with Gasteiger partial charge in [-0.1, -0.05) is 25.1 Å². The average molecular weight is 396 g/mol. The van der Waals surface area contributed by atoms with E-state index >= 15 is 0 Å². The number of thiophene rings is 1. The summed E-state index contributed by atoms with van der Waals surface area (Å²) in [6.45, 7) is 3.90. The van der Waals surface area contributed by atoms with Gasteiger partial charge in [-0.25, -0.2) is 9.97 Å². The van der Waals surface area contributed by atoms with Gasteiger partial charge in [-0.2, -0.15) is 4.37 Å². The molecule has 136 valence electrons. The molecule has 0 bridgehead atoms. The molecule has 1 amide bonds. The number of nitrogens with one attached hydrogen (secondary N) is 2. The number of fused-ring (bicyclic) bond motifs is 1. The van der Waals surface area contributed by atoms with E-state index < -0.39 is 0 Å². The molecule has 0 fully saturated rings. The Morgan fingerprint density at radius 2 is 2.04 bits per heavy atom. The topological polar surface area (TPSA) is 79.8 Å². The van der Waals surface area contributed by atoms with Crippen LogP contribution in [0.1, 0.15) is 28.5 Å². The van der Waals surface area contributed by atoms with Gasteiger partial charge < -0.3 is 10.6 Å². The van der Waals surface area contributed by atoms with E-state index in [1.165, 1.54) is 17.9 Å². The van der Waals surface area contributed by atoms with Gasteiger partial charge in [0.15, 0.2) is 0 Å². The first-order chi connectivity index (χ1) is 13.2. The summed E-state index contributed by atoms with van der Waals surface area (Å²) >= 11 is 2.80. The molecular formula is C19H17N5OS2. The lowest BCUT2D eigenvalue weighted by Gasteiger charge is -2.11. The van der Waals surface area contributed by atoms with Crippen LogP contribution in [-0.4, -0.2) is 20.2 Å². The Bertz CT molecular complexity index is 1120. The summed E-state index contributed by atoms with van der Waals surface area (Å²) in [6, 6.07) is 9.79. The maximum Gasteiger partial charge on any atom is 0.260 e. The monoisotopic (exact) mass is 395 g/mol. The Morgan fingerprint density at radius 1 is 1.19 bits per heavy atom. The first-order valence-corrected chi connectivity index (χ1v) is 10.1. The minimum Gasteiger partial charge on any atom is -0.329 e. The summed E-state index contributed by atoms with van der Waals surface area (Å²) in [5, 5.41) is 9.86. The zero-order valence-corrected chi connectivity index (χ0v) is 16.4. The fraction of sp³-hybridized carbons (Fsp3) is 0.158. The largest absolute Gasteiger partial charge is 0.329 e. The van der Waals surface area contributed by atoms with Crippen molar-refractivity contribution in [2.45, 2.75) is 20.3 Å². The van der Waals surface area contributed by atoms with Crippen molar-refractivity contribution in [2.75, 3.05) is 10.6 Å². The Hall–Kier alpha value is -2.84. The summed E-state index contributed by atoms with van der Waals surface area (Å²) in [5.74, 6) is 0.494. The second kappa shape index (κ2) is 7.42. The first kappa shape index (κ1) is 17.6. The SMILES string of the molecule is CCc1ccccc1NC(=O)c1c(C)nsc1Nc1ncnc2sccc12. The van der Waals surface area contributed by atoms with Crippen LogP contribution >= 0.6 is 22.9 Å². The molecule has 0 saturated carbocycles. The molecule has 0 spiro atoms. The lowest BCUT2D eigenvalue weighted by atomic mass is 10.1. The molecule has 0 unspecified atom stereocenters. The van der Waals surface area contributed by atoms with E-state index in [1.807, 2.05) is 42.6 Å². The van der Waals surface area contributed by atoms with Crippen LogP contribution in [0.5, 0.6) is 0 Å². The molecule has 3 aromatic heterocycles. The summed E-state index contributed by atoms with van der Waals surface area (Å²) < 4.78 is 4.36. The molecule has 0 aliphatic rings. The van der Waals surface area contributed by atoms with Crippen LogP contribution in [0.25, 0.3) is 10.2 Å². The number of carbonyl (C=O) groups is 1. The number of carbonyl (C=O) groups excluding carboxylic acids is 1. The molecule has 1 aromatic carbocycles. The predicted molar refractivity (Wildman–Crippen MR) is 111 cm³/mol. The molecule has 0 radical (unpaired) electrons. The lowest BCUT2D eigenvalue weighted by Crippen LogP contribution is -2.15. The quantitative estimate of drug-likeness (QED) is 0.496. The fourth-order valence-electron chi connectivity index (χ4n) is 2.86. The lowest BCUT2D eigenvalue weighted by molar-refractivity contribution is 0.102. The number of amides is 1. The molecule has 0 aliphatic carbocycles. The standard InChI is InChI=1S/C19H17N5OS2/c1-3-12-6-4-5-7-14(12)22-17(25)15-11(2)24-27-19(15)23-16-13-8-9-26-18(13)21-10-20-16/h4-10H,3H2,1-2H3,(H,22,25)(H,20,21,23). The van der Waals surface area contributed by atoms with E-state index in [9.17, 15) is 4.79 Å². The highest BCUT2D eigenvalue weighted by molar-refractivity contribution is 7.16. The van der Waals surface area contributed by atoms with Gasteiger partial charge in [-0.05, 0) is 48.0 Å².